The van der Waals surface area contributed by atoms with Crippen molar-refractivity contribution in [2.45, 2.75) is 6.18 Å². The highest BCUT2D eigenvalue weighted by atomic mass is 19.4. The van der Waals surface area contributed by atoms with E-state index in [1.54, 1.807) is 42.9 Å². The molecule has 174 valence electrons. The molecule has 0 fully saturated rings. The first-order chi connectivity index (χ1) is 16.9. The summed E-state index contributed by atoms with van der Waals surface area (Å²) in [5.74, 6) is 0.338. The average Bonchev–Trinajstić information content (AvgIpc) is 3.34. The molecular formula is C26H17F3N4O2. The van der Waals surface area contributed by atoms with E-state index in [1.807, 2.05) is 18.2 Å². The van der Waals surface area contributed by atoms with Crippen LogP contribution in [0.15, 0.2) is 91.4 Å². The number of ether oxygens (including phenoxy) is 1. The van der Waals surface area contributed by atoms with Crippen molar-refractivity contribution in [1.29, 1.82) is 0 Å². The minimum Gasteiger partial charge on any atom is -0.456 e. The summed E-state index contributed by atoms with van der Waals surface area (Å²) in [4.78, 5) is 24.5. The molecule has 0 saturated carbocycles. The summed E-state index contributed by atoms with van der Waals surface area (Å²) in [6.07, 6.45) is 0.609. The molecule has 9 heteroatoms. The number of carbonyl (C=O) groups is 1. The standard InChI is InChI=1S/C26H17F3N4O2/c27-26(28,29)18-6-2-7-19(13-18)32-25(34)16-4-1-8-20(12-16)35-23-14-22(17-5-3-10-30-15-17)33-24-21(23)9-11-31-24/h1-15H,(H,31,33)(H,32,34). The Morgan fingerprint density at radius 1 is 0.971 bits per heavy atom. The number of pyridine rings is 2. The molecule has 0 unspecified atom stereocenters. The van der Waals surface area contributed by atoms with E-state index < -0.39 is 17.6 Å². The number of nitrogens with zero attached hydrogens (tertiary/aromatic N) is 2. The van der Waals surface area contributed by atoms with Crippen molar-refractivity contribution in [3.05, 3.63) is 103 Å². The first-order valence-electron chi connectivity index (χ1n) is 10.5. The largest absolute Gasteiger partial charge is 0.456 e. The number of alkyl halides is 3. The fraction of sp³-hybridized carbons (Fsp3) is 0.0385. The molecule has 2 N–H and O–H groups in total. The summed E-state index contributed by atoms with van der Waals surface area (Å²) in [5, 5.41) is 3.25. The van der Waals surface area contributed by atoms with E-state index in [9.17, 15) is 18.0 Å². The van der Waals surface area contributed by atoms with Crippen LogP contribution in [-0.4, -0.2) is 20.9 Å². The molecule has 5 rings (SSSR count). The van der Waals surface area contributed by atoms with Crippen LogP contribution in [0, 0.1) is 0 Å². The molecule has 0 aliphatic rings. The molecule has 0 aliphatic heterocycles. The Morgan fingerprint density at radius 2 is 1.83 bits per heavy atom. The van der Waals surface area contributed by atoms with E-state index in [-0.39, 0.29) is 11.3 Å². The van der Waals surface area contributed by atoms with E-state index in [1.165, 1.54) is 18.2 Å². The van der Waals surface area contributed by atoms with Crippen LogP contribution in [0.25, 0.3) is 22.3 Å². The number of carbonyl (C=O) groups excluding carboxylic acids is 1. The van der Waals surface area contributed by atoms with Crippen molar-refractivity contribution in [1.82, 2.24) is 15.0 Å². The molecule has 0 saturated heterocycles. The van der Waals surface area contributed by atoms with Crippen molar-refractivity contribution < 1.29 is 22.7 Å². The van der Waals surface area contributed by atoms with Crippen LogP contribution in [0.2, 0.25) is 0 Å². The molecule has 35 heavy (non-hydrogen) atoms. The molecule has 0 spiro atoms. The van der Waals surface area contributed by atoms with Gasteiger partial charge in [0.05, 0.1) is 16.6 Å². The number of hydrogen-bond donors (Lipinski definition) is 2. The summed E-state index contributed by atoms with van der Waals surface area (Å²) >= 11 is 0. The van der Waals surface area contributed by atoms with Crippen molar-refractivity contribution in [2.75, 3.05) is 5.32 Å². The maximum atomic E-state index is 13.0. The molecule has 0 bridgehead atoms. The van der Waals surface area contributed by atoms with E-state index in [4.69, 9.17) is 4.74 Å². The smallest absolute Gasteiger partial charge is 0.416 e. The van der Waals surface area contributed by atoms with Crippen molar-refractivity contribution >= 4 is 22.6 Å². The Balaban J connectivity index is 1.41. The highest BCUT2D eigenvalue weighted by Gasteiger charge is 2.30. The summed E-state index contributed by atoms with van der Waals surface area (Å²) in [5.41, 5.74) is 1.52. The van der Waals surface area contributed by atoms with Crippen LogP contribution in [-0.2, 0) is 6.18 Å². The second-order valence-electron chi connectivity index (χ2n) is 7.65. The third kappa shape index (κ3) is 4.84. The second-order valence-corrected chi connectivity index (χ2v) is 7.65. The number of nitrogens with one attached hydrogen (secondary N) is 2. The fourth-order valence-corrected chi connectivity index (χ4v) is 3.56. The number of halogens is 3. The number of H-pyrrole nitrogens is 1. The van der Waals surface area contributed by atoms with Crippen LogP contribution < -0.4 is 10.1 Å². The predicted molar refractivity (Wildman–Crippen MR) is 125 cm³/mol. The Hall–Kier alpha value is -4.66. The van der Waals surface area contributed by atoms with Crippen LogP contribution in [0.3, 0.4) is 0 Å². The third-order valence-electron chi connectivity index (χ3n) is 5.22. The van der Waals surface area contributed by atoms with Crippen LogP contribution >= 0.6 is 0 Å². The highest BCUT2D eigenvalue weighted by molar-refractivity contribution is 6.04. The maximum Gasteiger partial charge on any atom is 0.416 e. The Morgan fingerprint density at radius 3 is 2.63 bits per heavy atom. The molecule has 0 radical (unpaired) electrons. The zero-order valence-electron chi connectivity index (χ0n) is 18.0. The lowest BCUT2D eigenvalue weighted by molar-refractivity contribution is -0.137. The van der Waals surface area contributed by atoms with E-state index in [0.717, 1.165) is 23.1 Å². The number of aromatic nitrogens is 3. The summed E-state index contributed by atoms with van der Waals surface area (Å²) in [6, 6.07) is 18.2. The van der Waals surface area contributed by atoms with Gasteiger partial charge in [-0.05, 0) is 54.6 Å². The topological polar surface area (TPSA) is 79.9 Å². The second kappa shape index (κ2) is 8.94. The quantitative estimate of drug-likeness (QED) is 0.298. The summed E-state index contributed by atoms with van der Waals surface area (Å²) < 4.78 is 45.0. The summed E-state index contributed by atoms with van der Waals surface area (Å²) in [7, 11) is 0. The number of rotatable bonds is 5. The molecule has 6 nitrogen and oxygen atoms in total. The number of fused-ring (bicyclic) bond motifs is 1. The lowest BCUT2D eigenvalue weighted by Crippen LogP contribution is -2.13. The maximum absolute atomic E-state index is 13.0. The average molecular weight is 474 g/mol. The van der Waals surface area contributed by atoms with Gasteiger partial charge < -0.3 is 15.0 Å². The Kier molecular flexibility index (Phi) is 5.66. The first kappa shape index (κ1) is 22.1. The molecule has 2 aromatic carbocycles. The van der Waals surface area contributed by atoms with Gasteiger partial charge in [-0.25, -0.2) is 4.98 Å². The van der Waals surface area contributed by atoms with Gasteiger partial charge in [-0.3, -0.25) is 9.78 Å². The van der Waals surface area contributed by atoms with Gasteiger partial charge in [-0.2, -0.15) is 13.2 Å². The van der Waals surface area contributed by atoms with Gasteiger partial charge in [0.15, 0.2) is 0 Å². The van der Waals surface area contributed by atoms with Gasteiger partial charge >= 0.3 is 6.18 Å². The number of amides is 1. The summed E-state index contributed by atoms with van der Waals surface area (Å²) in [6.45, 7) is 0. The normalized spacial score (nSPS) is 11.4. The Labute approximate surface area is 197 Å². The molecule has 1 amide bonds. The molecule has 3 heterocycles. The molecule has 3 aromatic heterocycles. The lowest BCUT2D eigenvalue weighted by atomic mass is 10.1. The third-order valence-corrected chi connectivity index (χ3v) is 5.22. The van der Waals surface area contributed by atoms with Gasteiger partial charge in [-0.15, -0.1) is 0 Å². The monoisotopic (exact) mass is 474 g/mol. The van der Waals surface area contributed by atoms with Crippen LogP contribution in [0.5, 0.6) is 11.5 Å². The van der Waals surface area contributed by atoms with Gasteiger partial charge in [0.2, 0.25) is 0 Å². The number of anilines is 1. The number of aromatic amines is 1. The van der Waals surface area contributed by atoms with E-state index >= 15 is 0 Å². The van der Waals surface area contributed by atoms with Crippen molar-refractivity contribution in [2.24, 2.45) is 0 Å². The van der Waals surface area contributed by atoms with Gasteiger partial charge in [-0.1, -0.05) is 12.1 Å². The van der Waals surface area contributed by atoms with Crippen LogP contribution in [0.4, 0.5) is 18.9 Å². The molecule has 0 atom stereocenters. The van der Waals surface area contributed by atoms with E-state index in [0.29, 0.717) is 22.8 Å². The number of benzene rings is 2. The van der Waals surface area contributed by atoms with Gasteiger partial charge in [0.1, 0.15) is 17.1 Å². The molecular weight excluding hydrogens is 457 g/mol. The zero-order chi connectivity index (χ0) is 24.4. The van der Waals surface area contributed by atoms with Crippen molar-refractivity contribution in [3.63, 3.8) is 0 Å². The van der Waals surface area contributed by atoms with Crippen LogP contribution in [0.1, 0.15) is 15.9 Å². The number of hydrogen-bond acceptors (Lipinski definition) is 4. The molecule has 0 aliphatic carbocycles. The first-order valence-corrected chi connectivity index (χ1v) is 10.5. The zero-order valence-corrected chi connectivity index (χ0v) is 18.0. The fourth-order valence-electron chi connectivity index (χ4n) is 3.56. The minimum absolute atomic E-state index is 0.0421. The Bertz CT molecular complexity index is 1510. The minimum atomic E-state index is -4.50. The lowest BCUT2D eigenvalue weighted by Gasteiger charge is -2.12. The van der Waals surface area contributed by atoms with Gasteiger partial charge in [0, 0.05) is 41.5 Å². The highest BCUT2D eigenvalue weighted by Crippen LogP contribution is 2.33. The van der Waals surface area contributed by atoms with E-state index in [2.05, 4.69) is 20.3 Å². The van der Waals surface area contributed by atoms with Gasteiger partial charge in [0.25, 0.3) is 5.91 Å². The van der Waals surface area contributed by atoms with Crippen molar-refractivity contribution in [3.8, 4) is 22.8 Å². The SMILES string of the molecule is O=C(Nc1cccc(C(F)(F)F)c1)c1cccc(Oc2cc(-c3cccnc3)nc3[nH]ccc23)c1. The molecule has 5 aromatic rings. The predicted octanol–water partition coefficient (Wildman–Crippen LogP) is 6.69.